The van der Waals surface area contributed by atoms with E-state index in [-0.39, 0.29) is 12.1 Å². The summed E-state index contributed by atoms with van der Waals surface area (Å²) in [6.07, 6.45) is 8.89. The standard InChI is InChI=1S/C15H24ClNOS/c1-2-12(17)15(13-9-10-14(16)19-13)18-11-7-5-3-4-6-8-11/h9-12,15H,2-8,17H2,1H3. The van der Waals surface area contributed by atoms with Crippen LogP contribution in [0.15, 0.2) is 12.1 Å². The molecule has 0 aromatic carbocycles. The van der Waals surface area contributed by atoms with Gasteiger partial charge in [0.1, 0.15) is 6.10 Å². The Balaban J connectivity index is 2.04. The summed E-state index contributed by atoms with van der Waals surface area (Å²) < 4.78 is 7.16. The minimum absolute atomic E-state index is 0.00519. The molecule has 108 valence electrons. The van der Waals surface area contributed by atoms with Crippen molar-refractivity contribution in [2.45, 2.75) is 70.1 Å². The van der Waals surface area contributed by atoms with Gasteiger partial charge in [0, 0.05) is 10.9 Å². The lowest BCUT2D eigenvalue weighted by Crippen LogP contribution is -2.32. The van der Waals surface area contributed by atoms with Crippen molar-refractivity contribution in [3.63, 3.8) is 0 Å². The zero-order chi connectivity index (χ0) is 13.7. The van der Waals surface area contributed by atoms with E-state index in [4.69, 9.17) is 22.1 Å². The van der Waals surface area contributed by atoms with Crippen molar-refractivity contribution in [2.75, 3.05) is 0 Å². The van der Waals surface area contributed by atoms with Gasteiger partial charge in [-0.25, -0.2) is 0 Å². The Kier molecular flexibility index (Phi) is 6.14. The van der Waals surface area contributed by atoms with Gasteiger partial charge in [0.05, 0.1) is 10.4 Å². The van der Waals surface area contributed by atoms with Crippen LogP contribution in [0, 0.1) is 0 Å². The molecule has 2 atom stereocenters. The van der Waals surface area contributed by atoms with Crippen LogP contribution in [0.2, 0.25) is 4.34 Å². The number of halogens is 1. The summed E-state index contributed by atoms with van der Waals surface area (Å²) >= 11 is 7.64. The van der Waals surface area contributed by atoms with Crippen LogP contribution in [-0.2, 0) is 4.74 Å². The average molecular weight is 302 g/mol. The molecule has 1 saturated carbocycles. The van der Waals surface area contributed by atoms with Crippen LogP contribution >= 0.6 is 22.9 Å². The van der Waals surface area contributed by atoms with E-state index in [1.54, 1.807) is 11.3 Å². The van der Waals surface area contributed by atoms with Gasteiger partial charge in [-0.1, -0.05) is 44.2 Å². The number of hydrogen-bond donors (Lipinski definition) is 1. The third-order valence-corrected chi connectivity index (χ3v) is 5.17. The van der Waals surface area contributed by atoms with E-state index in [0.29, 0.717) is 6.10 Å². The molecule has 0 aliphatic heterocycles. The Morgan fingerprint density at radius 3 is 2.53 bits per heavy atom. The van der Waals surface area contributed by atoms with E-state index in [9.17, 15) is 0 Å². The highest BCUT2D eigenvalue weighted by Crippen LogP contribution is 2.34. The normalized spacial score (nSPS) is 21.0. The molecule has 1 aromatic heterocycles. The van der Waals surface area contributed by atoms with Crippen molar-refractivity contribution in [1.82, 2.24) is 0 Å². The maximum Gasteiger partial charge on any atom is 0.107 e. The molecule has 2 rings (SSSR count). The SMILES string of the molecule is CCC(N)C(OC1CCCCCC1)c1ccc(Cl)s1. The number of thiophene rings is 1. The first-order chi connectivity index (χ1) is 9.20. The maximum absolute atomic E-state index is 6.35. The van der Waals surface area contributed by atoms with E-state index >= 15 is 0 Å². The first-order valence-corrected chi connectivity index (χ1v) is 8.56. The van der Waals surface area contributed by atoms with E-state index in [2.05, 4.69) is 13.0 Å². The summed E-state index contributed by atoms with van der Waals surface area (Å²) in [4.78, 5) is 1.17. The molecule has 19 heavy (non-hydrogen) atoms. The van der Waals surface area contributed by atoms with Gasteiger partial charge in [-0.3, -0.25) is 0 Å². The summed E-state index contributed by atoms with van der Waals surface area (Å²) in [5.41, 5.74) is 6.25. The molecule has 2 N–H and O–H groups in total. The molecule has 0 saturated heterocycles. The van der Waals surface area contributed by atoms with E-state index in [0.717, 1.165) is 10.8 Å². The molecule has 4 heteroatoms. The van der Waals surface area contributed by atoms with E-state index in [1.807, 2.05) is 6.07 Å². The second-order valence-electron chi connectivity index (χ2n) is 5.38. The van der Waals surface area contributed by atoms with Crippen LogP contribution in [-0.4, -0.2) is 12.1 Å². The third kappa shape index (κ3) is 4.45. The van der Waals surface area contributed by atoms with Crippen molar-refractivity contribution in [1.29, 1.82) is 0 Å². The van der Waals surface area contributed by atoms with Crippen LogP contribution in [0.25, 0.3) is 0 Å². The summed E-state index contributed by atoms with van der Waals surface area (Å²) in [6, 6.07) is 4.05. The predicted octanol–water partition coefficient (Wildman–Crippen LogP) is 4.92. The van der Waals surface area contributed by atoms with E-state index < -0.39 is 0 Å². The number of nitrogens with two attached hydrogens (primary N) is 1. The summed E-state index contributed by atoms with van der Waals surface area (Å²) in [6.45, 7) is 2.11. The Labute approximate surface area is 125 Å². The van der Waals surface area contributed by atoms with Crippen molar-refractivity contribution in [3.8, 4) is 0 Å². The van der Waals surface area contributed by atoms with Crippen molar-refractivity contribution in [2.24, 2.45) is 5.73 Å². The fraction of sp³-hybridized carbons (Fsp3) is 0.733. The summed E-state index contributed by atoms with van der Waals surface area (Å²) in [5.74, 6) is 0. The average Bonchev–Trinajstić information content (AvgIpc) is 2.68. The molecule has 0 amide bonds. The molecule has 1 aromatic rings. The lowest BCUT2D eigenvalue weighted by atomic mass is 10.1. The van der Waals surface area contributed by atoms with Crippen LogP contribution in [0.1, 0.15) is 62.9 Å². The number of hydrogen-bond acceptors (Lipinski definition) is 3. The first kappa shape index (κ1) is 15.3. The molecule has 1 fully saturated rings. The molecule has 0 radical (unpaired) electrons. The Morgan fingerprint density at radius 1 is 1.32 bits per heavy atom. The predicted molar refractivity (Wildman–Crippen MR) is 82.9 cm³/mol. The molecule has 0 bridgehead atoms. The smallest absolute Gasteiger partial charge is 0.107 e. The van der Waals surface area contributed by atoms with Crippen LogP contribution in [0.5, 0.6) is 0 Å². The first-order valence-electron chi connectivity index (χ1n) is 7.37. The van der Waals surface area contributed by atoms with Crippen LogP contribution in [0.4, 0.5) is 0 Å². The highest BCUT2D eigenvalue weighted by Gasteiger charge is 2.25. The Bertz CT molecular complexity index is 374. The van der Waals surface area contributed by atoms with Crippen LogP contribution in [0.3, 0.4) is 0 Å². The highest BCUT2D eigenvalue weighted by molar-refractivity contribution is 7.16. The fourth-order valence-corrected chi connectivity index (χ4v) is 3.83. The molecule has 2 unspecified atom stereocenters. The van der Waals surface area contributed by atoms with Gasteiger partial charge in [0.25, 0.3) is 0 Å². The maximum atomic E-state index is 6.35. The lowest BCUT2D eigenvalue weighted by Gasteiger charge is -2.27. The van der Waals surface area contributed by atoms with Crippen molar-refractivity contribution in [3.05, 3.63) is 21.3 Å². The minimum Gasteiger partial charge on any atom is -0.368 e. The van der Waals surface area contributed by atoms with Gasteiger partial charge in [0.15, 0.2) is 0 Å². The quantitative estimate of drug-likeness (QED) is 0.784. The topological polar surface area (TPSA) is 35.2 Å². The molecule has 1 aliphatic carbocycles. The van der Waals surface area contributed by atoms with Gasteiger partial charge in [-0.2, -0.15) is 0 Å². The molecule has 0 spiro atoms. The van der Waals surface area contributed by atoms with Gasteiger partial charge >= 0.3 is 0 Å². The van der Waals surface area contributed by atoms with Gasteiger partial charge < -0.3 is 10.5 Å². The molecule has 1 aliphatic rings. The van der Waals surface area contributed by atoms with Gasteiger partial charge in [-0.05, 0) is 31.4 Å². The molecule has 2 nitrogen and oxygen atoms in total. The Hall–Kier alpha value is -0.0900. The largest absolute Gasteiger partial charge is 0.368 e. The molecule has 1 heterocycles. The molecular weight excluding hydrogens is 278 g/mol. The zero-order valence-electron chi connectivity index (χ0n) is 11.6. The Morgan fingerprint density at radius 2 is 2.00 bits per heavy atom. The monoisotopic (exact) mass is 301 g/mol. The second-order valence-corrected chi connectivity index (χ2v) is 7.13. The van der Waals surface area contributed by atoms with Crippen LogP contribution < -0.4 is 5.73 Å². The third-order valence-electron chi connectivity index (χ3n) is 3.88. The summed E-state index contributed by atoms with van der Waals surface area (Å²) in [5, 5.41) is 0. The number of ether oxygens (including phenoxy) is 1. The fourth-order valence-electron chi connectivity index (χ4n) is 2.66. The van der Waals surface area contributed by atoms with Crippen molar-refractivity contribution >= 4 is 22.9 Å². The molecular formula is C15H24ClNOS. The van der Waals surface area contributed by atoms with Gasteiger partial charge in [-0.15, -0.1) is 11.3 Å². The minimum atomic E-state index is 0.00519. The highest BCUT2D eigenvalue weighted by atomic mass is 35.5. The second kappa shape index (κ2) is 7.63. The number of rotatable bonds is 5. The van der Waals surface area contributed by atoms with Gasteiger partial charge in [0.2, 0.25) is 0 Å². The van der Waals surface area contributed by atoms with E-state index in [1.165, 1.54) is 43.4 Å². The lowest BCUT2D eigenvalue weighted by molar-refractivity contribution is -0.0323. The summed E-state index contributed by atoms with van der Waals surface area (Å²) in [7, 11) is 0. The van der Waals surface area contributed by atoms with Crippen molar-refractivity contribution < 1.29 is 4.74 Å². The zero-order valence-corrected chi connectivity index (χ0v) is 13.2.